The number of hydrogen-bond donors (Lipinski definition) is 0. The Bertz CT molecular complexity index is 1180. The van der Waals surface area contributed by atoms with Crippen molar-refractivity contribution in [2.45, 2.75) is 19.6 Å². The summed E-state index contributed by atoms with van der Waals surface area (Å²) in [7, 11) is 1.66. The van der Waals surface area contributed by atoms with E-state index in [4.69, 9.17) is 19.2 Å². The Morgan fingerprint density at radius 3 is 2.26 bits per heavy atom. The van der Waals surface area contributed by atoms with Crippen molar-refractivity contribution in [1.29, 1.82) is 0 Å². The average Bonchev–Trinajstić information content (AvgIpc) is 3.03. The van der Waals surface area contributed by atoms with E-state index < -0.39 is 5.79 Å². The van der Waals surface area contributed by atoms with Crippen molar-refractivity contribution >= 4 is 21.8 Å². The fourth-order valence-corrected chi connectivity index (χ4v) is 3.48. The summed E-state index contributed by atoms with van der Waals surface area (Å²) in [6, 6.07) is 15.8. The van der Waals surface area contributed by atoms with Crippen LogP contribution in [0.1, 0.15) is 13.8 Å². The van der Waals surface area contributed by atoms with Crippen LogP contribution >= 0.6 is 0 Å². The first-order valence-electron chi connectivity index (χ1n) is 8.80. The SMILES string of the molecule is COc1ccc(-c2ccc3c4c(c5cccnc5c3n2)OC(C)(C)O4)cc1. The molecule has 0 unspecified atom stereocenters. The van der Waals surface area contributed by atoms with Gasteiger partial charge in [-0.1, -0.05) is 0 Å². The summed E-state index contributed by atoms with van der Waals surface area (Å²) < 4.78 is 17.4. The van der Waals surface area contributed by atoms with Crippen LogP contribution in [0.15, 0.2) is 54.7 Å². The number of rotatable bonds is 2. The summed E-state index contributed by atoms with van der Waals surface area (Å²) in [4.78, 5) is 9.49. The molecule has 0 radical (unpaired) electrons. The molecule has 0 aliphatic carbocycles. The lowest BCUT2D eigenvalue weighted by Gasteiger charge is -2.16. The molecule has 1 aliphatic rings. The van der Waals surface area contributed by atoms with Gasteiger partial charge in [0.25, 0.3) is 0 Å². The van der Waals surface area contributed by atoms with Gasteiger partial charge in [0.05, 0.1) is 12.8 Å². The molecule has 0 spiro atoms. The number of fused-ring (bicyclic) bond motifs is 6. The molecule has 2 aromatic heterocycles. The van der Waals surface area contributed by atoms with Gasteiger partial charge in [0.15, 0.2) is 11.5 Å². The van der Waals surface area contributed by atoms with Crippen LogP contribution in [0.3, 0.4) is 0 Å². The van der Waals surface area contributed by atoms with Crippen molar-refractivity contribution in [3.63, 3.8) is 0 Å². The predicted molar refractivity (Wildman–Crippen MR) is 104 cm³/mol. The van der Waals surface area contributed by atoms with Gasteiger partial charge in [0.2, 0.25) is 5.79 Å². The van der Waals surface area contributed by atoms with E-state index in [-0.39, 0.29) is 0 Å². The summed E-state index contributed by atoms with van der Waals surface area (Å²) in [5.41, 5.74) is 3.50. The van der Waals surface area contributed by atoms with Crippen molar-refractivity contribution in [2.24, 2.45) is 0 Å². The lowest BCUT2D eigenvalue weighted by Crippen LogP contribution is -2.29. The minimum atomic E-state index is -0.714. The summed E-state index contributed by atoms with van der Waals surface area (Å²) >= 11 is 0. The molecule has 27 heavy (non-hydrogen) atoms. The Kier molecular flexibility index (Phi) is 3.28. The van der Waals surface area contributed by atoms with E-state index in [1.165, 1.54) is 0 Å². The van der Waals surface area contributed by atoms with E-state index in [1.54, 1.807) is 13.3 Å². The topological polar surface area (TPSA) is 53.5 Å². The van der Waals surface area contributed by atoms with Gasteiger partial charge in [0.1, 0.15) is 16.8 Å². The average molecular weight is 358 g/mol. The highest BCUT2D eigenvalue weighted by molar-refractivity contribution is 6.10. The highest BCUT2D eigenvalue weighted by Gasteiger charge is 2.35. The first-order chi connectivity index (χ1) is 13.1. The van der Waals surface area contributed by atoms with Gasteiger partial charge in [0, 0.05) is 36.4 Å². The van der Waals surface area contributed by atoms with Crippen LogP contribution in [-0.4, -0.2) is 22.9 Å². The summed E-state index contributed by atoms with van der Waals surface area (Å²) in [6.07, 6.45) is 1.77. The van der Waals surface area contributed by atoms with E-state index in [0.29, 0.717) is 0 Å². The maximum atomic E-state index is 6.08. The molecule has 3 heterocycles. The molecule has 0 N–H and O–H groups in total. The lowest BCUT2D eigenvalue weighted by molar-refractivity contribution is -0.0420. The van der Waals surface area contributed by atoms with E-state index in [9.17, 15) is 0 Å². The van der Waals surface area contributed by atoms with Crippen LogP contribution in [0.25, 0.3) is 33.1 Å². The van der Waals surface area contributed by atoms with Crippen LogP contribution < -0.4 is 14.2 Å². The third-order valence-electron chi connectivity index (χ3n) is 4.70. The molecule has 5 rings (SSSR count). The fourth-order valence-electron chi connectivity index (χ4n) is 3.48. The summed E-state index contributed by atoms with van der Waals surface area (Å²) in [6.45, 7) is 3.81. The maximum Gasteiger partial charge on any atom is 0.246 e. The second-order valence-electron chi connectivity index (χ2n) is 6.98. The third-order valence-corrected chi connectivity index (χ3v) is 4.70. The monoisotopic (exact) mass is 358 g/mol. The van der Waals surface area contributed by atoms with Gasteiger partial charge >= 0.3 is 0 Å². The molecule has 0 amide bonds. The van der Waals surface area contributed by atoms with Gasteiger partial charge < -0.3 is 14.2 Å². The largest absolute Gasteiger partial charge is 0.497 e. The minimum absolute atomic E-state index is 0.714. The Balaban J connectivity index is 1.78. The van der Waals surface area contributed by atoms with Gasteiger partial charge in [-0.2, -0.15) is 0 Å². The Morgan fingerprint density at radius 2 is 1.56 bits per heavy atom. The molecule has 0 bridgehead atoms. The molecule has 4 aromatic rings. The highest BCUT2D eigenvalue weighted by Crippen LogP contribution is 2.49. The van der Waals surface area contributed by atoms with Gasteiger partial charge in [-0.05, 0) is 48.5 Å². The Labute approximate surface area is 156 Å². The highest BCUT2D eigenvalue weighted by atomic mass is 16.7. The zero-order valence-corrected chi connectivity index (χ0v) is 15.3. The Hall–Kier alpha value is -3.34. The molecule has 0 saturated heterocycles. The third kappa shape index (κ3) is 2.46. The van der Waals surface area contributed by atoms with Crippen molar-refractivity contribution in [1.82, 2.24) is 9.97 Å². The second-order valence-corrected chi connectivity index (χ2v) is 6.98. The fraction of sp³-hybridized carbons (Fsp3) is 0.182. The molecule has 5 nitrogen and oxygen atoms in total. The van der Waals surface area contributed by atoms with E-state index in [2.05, 4.69) is 4.98 Å². The smallest absolute Gasteiger partial charge is 0.246 e. The van der Waals surface area contributed by atoms with Crippen LogP contribution in [0.5, 0.6) is 17.2 Å². The quantitative estimate of drug-likeness (QED) is 0.474. The van der Waals surface area contributed by atoms with Crippen LogP contribution in [0.2, 0.25) is 0 Å². The number of hydrogen-bond acceptors (Lipinski definition) is 5. The molecule has 1 aliphatic heterocycles. The van der Waals surface area contributed by atoms with Crippen molar-refractivity contribution in [2.75, 3.05) is 7.11 Å². The van der Waals surface area contributed by atoms with Crippen LogP contribution in [-0.2, 0) is 0 Å². The van der Waals surface area contributed by atoms with Gasteiger partial charge in [-0.3, -0.25) is 4.98 Å². The molecule has 134 valence electrons. The van der Waals surface area contributed by atoms with E-state index >= 15 is 0 Å². The van der Waals surface area contributed by atoms with Crippen molar-refractivity contribution < 1.29 is 14.2 Å². The Morgan fingerprint density at radius 1 is 0.852 bits per heavy atom. The molecule has 0 atom stereocenters. The zero-order chi connectivity index (χ0) is 18.6. The molecule has 2 aromatic carbocycles. The van der Waals surface area contributed by atoms with E-state index in [1.807, 2.05) is 62.4 Å². The first kappa shape index (κ1) is 15.9. The standard InChI is InChI=1S/C22H18N2O3/c1-22(2)26-20-15-5-4-12-23-18(15)19-16(21(20)27-22)10-11-17(24-19)13-6-8-14(25-3)9-7-13/h4-12H,1-3H3. The number of ether oxygens (including phenoxy) is 3. The first-order valence-corrected chi connectivity index (χ1v) is 8.80. The summed E-state index contributed by atoms with van der Waals surface area (Å²) in [5, 5.41) is 1.81. The maximum absolute atomic E-state index is 6.08. The van der Waals surface area contributed by atoms with Crippen LogP contribution in [0, 0.1) is 0 Å². The zero-order valence-electron chi connectivity index (χ0n) is 15.3. The molecule has 5 heteroatoms. The van der Waals surface area contributed by atoms with Crippen LogP contribution in [0.4, 0.5) is 0 Å². The molecular weight excluding hydrogens is 340 g/mol. The number of nitrogens with zero attached hydrogens (tertiary/aromatic N) is 2. The van der Waals surface area contributed by atoms with Crippen molar-refractivity contribution in [3.05, 3.63) is 54.7 Å². The molecule has 0 saturated carbocycles. The van der Waals surface area contributed by atoms with E-state index in [0.717, 1.165) is 50.3 Å². The lowest BCUT2D eigenvalue weighted by atomic mass is 10.1. The molecule has 0 fully saturated rings. The number of pyridine rings is 2. The molecular formula is C22H18N2O3. The number of methoxy groups -OCH3 is 1. The van der Waals surface area contributed by atoms with Gasteiger partial charge in [-0.15, -0.1) is 0 Å². The predicted octanol–water partition coefficient (Wildman–Crippen LogP) is 4.97. The van der Waals surface area contributed by atoms with Gasteiger partial charge in [-0.25, -0.2) is 4.98 Å². The number of benzene rings is 2. The summed E-state index contributed by atoms with van der Waals surface area (Å²) in [5.74, 6) is 1.56. The minimum Gasteiger partial charge on any atom is -0.497 e. The van der Waals surface area contributed by atoms with Crippen molar-refractivity contribution in [3.8, 4) is 28.5 Å². The normalized spacial score (nSPS) is 14.6. The number of aromatic nitrogens is 2. The second kappa shape index (κ2) is 5.58.